The van der Waals surface area contributed by atoms with Gasteiger partial charge in [-0.05, 0) is 84.1 Å². The third-order valence-corrected chi connectivity index (χ3v) is 11.8. The maximum atomic E-state index is 13.2. The third kappa shape index (κ3) is 2.72. The summed E-state index contributed by atoms with van der Waals surface area (Å²) in [5, 5.41) is 59.3. The highest BCUT2D eigenvalue weighted by atomic mass is 16.6. The van der Waals surface area contributed by atoms with Crippen molar-refractivity contribution in [3.05, 3.63) is 23.3 Å². The van der Waals surface area contributed by atoms with Crippen LogP contribution in [0.4, 0.5) is 0 Å². The number of esters is 1. The molecule has 0 bridgehead atoms. The standard InChI is InChI=1S/C28H40O8/c1-15-13-21(36-22(31)16(15)2)25(5,32)28(35)12-11-26(33)18-14-20(30)27(34)9-6-7-19(29)24(27,4)17(18)8-10-23(26,28)3/h6-7,17-18,20-21,30,32-35H,8-14H2,1-5H3/t17-,18+,20+,21-,23-,24-,25-,26-,27-,28-/m0/s1. The molecule has 4 aliphatic carbocycles. The van der Waals surface area contributed by atoms with Gasteiger partial charge < -0.3 is 30.3 Å². The van der Waals surface area contributed by atoms with Crippen LogP contribution >= 0.6 is 0 Å². The van der Waals surface area contributed by atoms with Crippen LogP contribution in [0.15, 0.2) is 23.3 Å². The van der Waals surface area contributed by atoms with Gasteiger partial charge in [0.15, 0.2) is 5.78 Å². The van der Waals surface area contributed by atoms with Crippen molar-refractivity contribution in [1.82, 2.24) is 0 Å². The molecule has 8 heteroatoms. The molecule has 36 heavy (non-hydrogen) atoms. The summed E-state index contributed by atoms with van der Waals surface area (Å²) < 4.78 is 5.59. The van der Waals surface area contributed by atoms with Gasteiger partial charge in [-0.1, -0.05) is 18.6 Å². The summed E-state index contributed by atoms with van der Waals surface area (Å²) in [4.78, 5) is 25.7. The lowest BCUT2D eigenvalue weighted by atomic mass is 9.41. The fourth-order valence-electron chi connectivity index (χ4n) is 8.95. The third-order valence-electron chi connectivity index (χ3n) is 11.8. The van der Waals surface area contributed by atoms with Gasteiger partial charge in [0.1, 0.15) is 22.9 Å². The second kappa shape index (κ2) is 7.50. The number of rotatable bonds is 2. The number of ether oxygens (including phenoxy) is 1. The Hall–Kier alpha value is -1.58. The summed E-state index contributed by atoms with van der Waals surface area (Å²) >= 11 is 0. The van der Waals surface area contributed by atoms with E-state index in [4.69, 9.17) is 4.74 Å². The van der Waals surface area contributed by atoms with Crippen LogP contribution in [0.1, 0.15) is 79.6 Å². The fraction of sp³-hybridized carbons (Fsp3) is 0.786. The molecule has 8 nitrogen and oxygen atoms in total. The van der Waals surface area contributed by atoms with E-state index in [1.807, 2.05) is 6.92 Å². The smallest absolute Gasteiger partial charge is 0.334 e. The molecule has 0 aromatic rings. The maximum absolute atomic E-state index is 13.2. The predicted octanol–water partition coefficient (Wildman–Crippen LogP) is 1.71. The zero-order chi connectivity index (χ0) is 26.7. The number of hydrogen-bond acceptors (Lipinski definition) is 8. The molecule has 0 radical (unpaired) electrons. The zero-order valence-corrected chi connectivity index (χ0v) is 21.9. The number of aliphatic hydroxyl groups is 5. The molecule has 0 aromatic heterocycles. The van der Waals surface area contributed by atoms with Crippen molar-refractivity contribution in [3.8, 4) is 0 Å². The molecular formula is C28H40O8. The van der Waals surface area contributed by atoms with E-state index < -0.39 is 63.2 Å². The molecule has 3 saturated carbocycles. The second-order valence-corrected chi connectivity index (χ2v) is 12.9. The highest BCUT2D eigenvalue weighted by molar-refractivity contribution is 5.97. The van der Waals surface area contributed by atoms with E-state index in [0.717, 1.165) is 5.57 Å². The number of fused-ring (bicyclic) bond motifs is 5. The Kier molecular flexibility index (Phi) is 5.43. The van der Waals surface area contributed by atoms with Crippen molar-refractivity contribution in [2.45, 2.75) is 114 Å². The van der Waals surface area contributed by atoms with Gasteiger partial charge in [0.25, 0.3) is 0 Å². The average molecular weight is 505 g/mol. The number of ketones is 1. The summed E-state index contributed by atoms with van der Waals surface area (Å²) in [7, 11) is 0. The molecule has 0 amide bonds. The van der Waals surface area contributed by atoms with Crippen LogP contribution in [0.3, 0.4) is 0 Å². The van der Waals surface area contributed by atoms with Crippen LogP contribution in [0.2, 0.25) is 0 Å². The molecule has 5 aliphatic rings. The van der Waals surface area contributed by atoms with E-state index in [-0.39, 0.29) is 37.9 Å². The number of aliphatic hydroxyl groups excluding tert-OH is 1. The molecule has 3 fully saturated rings. The molecule has 1 heterocycles. The van der Waals surface area contributed by atoms with Crippen LogP contribution in [-0.4, -0.2) is 71.9 Å². The molecule has 0 unspecified atom stereocenters. The van der Waals surface area contributed by atoms with Crippen LogP contribution in [-0.2, 0) is 14.3 Å². The second-order valence-electron chi connectivity index (χ2n) is 12.9. The first-order valence-corrected chi connectivity index (χ1v) is 13.2. The summed E-state index contributed by atoms with van der Waals surface area (Å²) in [5.74, 6) is -1.77. The van der Waals surface area contributed by atoms with Gasteiger partial charge in [0, 0.05) is 17.4 Å². The van der Waals surface area contributed by atoms with Gasteiger partial charge in [0.2, 0.25) is 0 Å². The molecule has 0 aromatic carbocycles. The zero-order valence-electron chi connectivity index (χ0n) is 21.9. The SMILES string of the molecule is CC1=C(C)C(=O)O[C@H]([C@](C)(O)[C@]2(O)CC[C@]3(O)[C@@H]4C[C@@H](O)[C@@]5(O)CC=CC(=O)[C@]5(C)[C@H]4CC[C@]23C)C1. The van der Waals surface area contributed by atoms with E-state index >= 15 is 0 Å². The lowest BCUT2D eigenvalue weighted by Crippen LogP contribution is -2.75. The van der Waals surface area contributed by atoms with Crippen molar-refractivity contribution in [2.75, 3.05) is 0 Å². The lowest BCUT2D eigenvalue weighted by molar-refractivity contribution is -0.301. The molecule has 5 rings (SSSR count). The van der Waals surface area contributed by atoms with E-state index in [0.29, 0.717) is 18.4 Å². The Morgan fingerprint density at radius 1 is 1.03 bits per heavy atom. The molecular weight excluding hydrogens is 464 g/mol. The fourth-order valence-corrected chi connectivity index (χ4v) is 8.95. The molecule has 5 N–H and O–H groups in total. The van der Waals surface area contributed by atoms with E-state index in [2.05, 4.69) is 0 Å². The molecule has 1 aliphatic heterocycles. The summed E-state index contributed by atoms with van der Waals surface area (Å²) in [6.07, 6.45) is 2.31. The van der Waals surface area contributed by atoms with Crippen LogP contribution in [0.5, 0.6) is 0 Å². The molecule has 10 atom stereocenters. The quantitative estimate of drug-likeness (QED) is 0.358. The number of hydrogen-bond donors (Lipinski definition) is 5. The summed E-state index contributed by atoms with van der Waals surface area (Å²) in [5.41, 5.74) is -8.00. The predicted molar refractivity (Wildman–Crippen MR) is 129 cm³/mol. The topological polar surface area (TPSA) is 145 Å². The number of allylic oxidation sites excluding steroid dienone is 1. The maximum Gasteiger partial charge on any atom is 0.334 e. The lowest BCUT2D eigenvalue weighted by Gasteiger charge is -2.66. The van der Waals surface area contributed by atoms with Crippen LogP contribution < -0.4 is 0 Å². The average Bonchev–Trinajstić information content (AvgIpc) is 3.03. The molecule has 0 saturated heterocycles. The van der Waals surface area contributed by atoms with E-state index in [1.165, 1.54) is 13.0 Å². The highest BCUT2D eigenvalue weighted by Gasteiger charge is 2.78. The Balaban J connectivity index is 1.55. The van der Waals surface area contributed by atoms with Gasteiger partial charge in [-0.3, -0.25) is 4.79 Å². The number of carbonyl (C=O) groups excluding carboxylic acids is 2. The molecule has 0 spiro atoms. The Bertz CT molecular complexity index is 1080. The minimum Gasteiger partial charge on any atom is -0.455 e. The van der Waals surface area contributed by atoms with Gasteiger partial charge in [0.05, 0.1) is 17.1 Å². The number of cyclic esters (lactones) is 1. The first-order valence-electron chi connectivity index (χ1n) is 13.2. The summed E-state index contributed by atoms with van der Waals surface area (Å²) in [6, 6.07) is 0. The Morgan fingerprint density at radius 3 is 2.33 bits per heavy atom. The minimum atomic E-state index is -1.86. The van der Waals surface area contributed by atoms with Gasteiger partial charge in [-0.2, -0.15) is 0 Å². The van der Waals surface area contributed by atoms with Crippen LogP contribution in [0, 0.1) is 22.7 Å². The minimum absolute atomic E-state index is 0.0664. The first kappa shape index (κ1) is 26.0. The van der Waals surface area contributed by atoms with Crippen molar-refractivity contribution >= 4 is 11.8 Å². The van der Waals surface area contributed by atoms with E-state index in [9.17, 15) is 35.1 Å². The van der Waals surface area contributed by atoms with Crippen molar-refractivity contribution in [2.24, 2.45) is 22.7 Å². The Morgan fingerprint density at radius 2 is 1.69 bits per heavy atom. The van der Waals surface area contributed by atoms with Crippen molar-refractivity contribution in [1.29, 1.82) is 0 Å². The van der Waals surface area contributed by atoms with Gasteiger partial charge in [-0.25, -0.2) is 4.79 Å². The number of carbonyl (C=O) groups is 2. The first-order chi connectivity index (χ1) is 16.5. The Labute approximate surface area is 212 Å². The highest BCUT2D eigenvalue weighted by Crippen LogP contribution is 2.71. The normalized spacial score (nSPS) is 52.3. The van der Waals surface area contributed by atoms with Gasteiger partial charge in [-0.15, -0.1) is 0 Å². The van der Waals surface area contributed by atoms with Crippen LogP contribution in [0.25, 0.3) is 0 Å². The van der Waals surface area contributed by atoms with E-state index in [1.54, 1.807) is 26.8 Å². The summed E-state index contributed by atoms with van der Waals surface area (Å²) in [6.45, 7) is 8.42. The largest absolute Gasteiger partial charge is 0.455 e. The molecule has 200 valence electrons. The van der Waals surface area contributed by atoms with Crippen molar-refractivity contribution in [3.63, 3.8) is 0 Å². The monoisotopic (exact) mass is 504 g/mol. The van der Waals surface area contributed by atoms with Gasteiger partial charge >= 0.3 is 5.97 Å². The van der Waals surface area contributed by atoms with Crippen molar-refractivity contribution < 1.29 is 39.9 Å².